The van der Waals surface area contributed by atoms with Crippen molar-refractivity contribution < 1.29 is 9.84 Å². The van der Waals surface area contributed by atoms with Crippen molar-refractivity contribution in [3.05, 3.63) is 24.0 Å². The molecule has 1 saturated carbocycles. The third-order valence-corrected chi connectivity index (χ3v) is 3.34. The van der Waals surface area contributed by atoms with Crippen LogP contribution in [0.2, 0.25) is 0 Å². The van der Waals surface area contributed by atoms with Crippen molar-refractivity contribution in [1.29, 1.82) is 0 Å². The Morgan fingerprint density at radius 2 is 2.12 bits per heavy atom. The lowest BCUT2D eigenvalue weighted by atomic mass is 9.78. The van der Waals surface area contributed by atoms with Crippen molar-refractivity contribution in [3.8, 4) is 5.75 Å². The van der Waals surface area contributed by atoms with E-state index >= 15 is 0 Å². The molecule has 1 aromatic rings. The monoisotopic (exact) mass is 222 g/mol. The maximum absolute atomic E-state index is 10.5. The van der Waals surface area contributed by atoms with Gasteiger partial charge in [-0.15, -0.1) is 0 Å². The summed E-state index contributed by atoms with van der Waals surface area (Å²) in [5, 5.41) is 10.5. The van der Waals surface area contributed by atoms with Gasteiger partial charge in [-0.1, -0.05) is 0 Å². The Morgan fingerprint density at radius 3 is 2.75 bits per heavy atom. The van der Waals surface area contributed by atoms with Gasteiger partial charge in [0, 0.05) is 17.8 Å². The summed E-state index contributed by atoms with van der Waals surface area (Å²) in [6.07, 6.45) is 6.45. The van der Waals surface area contributed by atoms with Crippen LogP contribution in [-0.4, -0.2) is 23.2 Å². The second-order valence-electron chi connectivity index (χ2n) is 4.48. The Balaban J connectivity index is 2.21. The number of ether oxygens (including phenoxy) is 1. The molecular weight excluding hydrogens is 204 g/mol. The first kappa shape index (κ1) is 11.4. The molecule has 0 bridgehead atoms. The number of nitrogens with two attached hydrogens (primary N) is 1. The first-order valence-electron chi connectivity index (χ1n) is 5.61. The average Bonchev–Trinajstić information content (AvgIpc) is 2.33. The Labute approximate surface area is 95.4 Å². The van der Waals surface area contributed by atoms with Crippen LogP contribution in [0, 0.1) is 0 Å². The van der Waals surface area contributed by atoms with Crippen LogP contribution in [0.15, 0.2) is 18.5 Å². The Morgan fingerprint density at radius 1 is 1.44 bits per heavy atom. The zero-order valence-corrected chi connectivity index (χ0v) is 9.52. The smallest absolute Gasteiger partial charge is 0.137 e. The molecule has 0 amide bonds. The van der Waals surface area contributed by atoms with Crippen LogP contribution in [-0.2, 0) is 5.60 Å². The molecule has 3 N–H and O–H groups in total. The predicted octanol–water partition coefficient (Wildman–Crippen LogP) is 1.18. The highest BCUT2D eigenvalue weighted by Gasteiger charge is 2.34. The Hall–Kier alpha value is -1.13. The topological polar surface area (TPSA) is 68.4 Å². The van der Waals surface area contributed by atoms with E-state index in [0.29, 0.717) is 18.6 Å². The van der Waals surface area contributed by atoms with E-state index in [-0.39, 0.29) is 6.04 Å². The van der Waals surface area contributed by atoms with Crippen molar-refractivity contribution in [2.75, 3.05) is 7.11 Å². The van der Waals surface area contributed by atoms with Gasteiger partial charge >= 0.3 is 0 Å². The van der Waals surface area contributed by atoms with Crippen molar-refractivity contribution in [2.45, 2.75) is 37.3 Å². The predicted molar refractivity (Wildman–Crippen MR) is 61.1 cm³/mol. The van der Waals surface area contributed by atoms with Crippen molar-refractivity contribution >= 4 is 0 Å². The zero-order chi connectivity index (χ0) is 11.6. The summed E-state index contributed by atoms with van der Waals surface area (Å²) < 4.78 is 5.11. The van der Waals surface area contributed by atoms with Gasteiger partial charge in [-0.25, -0.2) is 0 Å². The summed E-state index contributed by atoms with van der Waals surface area (Å²) in [6.45, 7) is 0. The molecule has 2 rings (SSSR count). The van der Waals surface area contributed by atoms with E-state index in [4.69, 9.17) is 10.5 Å². The van der Waals surface area contributed by atoms with Crippen LogP contribution in [0.1, 0.15) is 31.2 Å². The molecule has 1 fully saturated rings. The molecule has 0 spiro atoms. The Bertz CT molecular complexity index is 360. The lowest BCUT2D eigenvalue weighted by Crippen LogP contribution is -2.36. The molecule has 0 radical (unpaired) electrons. The van der Waals surface area contributed by atoms with E-state index in [1.165, 1.54) is 0 Å². The highest BCUT2D eigenvalue weighted by molar-refractivity contribution is 5.28. The minimum atomic E-state index is -0.780. The van der Waals surface area contributed by atoms with Gasteiger partial charge in [-0.3, -0.25) is 4.98 Å². The maximum atomic E-state index is 10.5. The third kappa shape index (κ3) is 2.18. The molecule has 1 aliphatic carbocycles. The molecule has 0 atom stereocenters. The van der Waals surface area contributed by atoms with Gasteiger partial charge in [0.05, 0.1) is 18.9 Å². The van der Waals surface area contributed by atoms with Crippen LogP contribution >= 0.6 is 0 Å². The first-order valence-corrected chi connectivity index (χ1v) is 5.61. The number of aliphatic hydroxyl groups is 1. The van der Waals surface area contributed by atoms with Crippen LogP contribution in [0.5, 0.6) is 5.75 Å². The second kappa shape index (κ2) is 4.39. The van der Waals surface area contributed by atoms with Crippen LogP contribution in [0.4, 0.5) is 0 Å². The average molecular weight is 222 g/mol. The molecule has 1 aliphatic rings. The molecule has 88 valence electrons. The van der Waals surface area contributed by atoms with Gasteiger partial charge in [0.1, 0.15) is 5.75 Å². The molecule has 16 heavy (non-hydrogen) atoms. The van der Waals surface area contributed by atoms with E-state index in [0.717, 1.165) is 18.4 Å². The van der Waals surface area contributed by atoms with Crippen molar-refractivity contribution in [3.63, 3.8) is 0 Å². The number of aromatic nitrogens is 1. The quantitative estimate of drug-likeness (QED) is 0.788. The van der Waals surface area contributed by atoms with E-state index in [9.17, 15) is 5.11 Å². The molecule has 4 heteroatoms. The molecule has 0 unspecified atom stereocenters. The van der Waals surface area contributed by atoms with E-state index in [1.54, 1.807) is 19.5 Å². The minimum absolute atomic E-state index is 0.221. The SMILES string of the molecule is COc1cncc(C2(O)CCC(N)CC2)c1. The van der Waals surface area contributed by atoms with Crippen molar-refractivity contribution in [1.82, 2.24) is 4.98 Å². The number of pyridine rings is 1. The molecular formula is C12H18N2O2. The van der Waals surface area contributed by atoms with Gasteiger partial charge < -0.3 is 15.6 Å². The number of hydrogen-bond acceptors (Lipinski definition) is 4. The van der Waals surface area contributed by atoms with Gasteiger partial charge in [-0.2, -0.15) is 0 Å². The fourth-order valence-electron chi connectivity index (χ4n) is 2.19. The Kier molecular flexibility index (Phi) is 3.12. The summed E-state index contributed by atoms with van der Waals surface area (Å²) in [7, 11) is 1.60. The van der Waals surface area contributed by atoms with E-state index in [2.05, 4.69) is 4.98 Å². The summed E-state index contributed by atoms with van der Waals surface area (Å²) in [5.74, 6) is 0.681. The number of rotatable bonds is 2. The summed E-state index contributed by atoms with van der Waals surface area (Å²) in [5.41, 5.74) is 5.89. The summed E-state index contributed by atoms with van der Waals surface area (Å²) in [4.78, 5) is 4.08. The highest BCUT2D eigenvalue weighted by Crippen LogP contribution is 2.37. The highest BCUT2D eigenvalue weighted by atomic mass is 16.5. The molecule has 4 nitrogen and oxygen atoms in total. The van der Waals surface area contributed by atoms with Crippen LogP contribution in [0.3, 0.4) is 0 Å². The molecule has 0 aromatic carbocycles. The maximum Gasteiger partial charge on any atom is 0.137 e. The fraction of sp³-hybridized carbons (Fsp3) is 0.583. The lowest BCUT2D eigenvalue weighted by Gasteiger charge is -2.35. The van der Waals surface area contributed by atoms with E-state index in [1.807, 2.05) is 6.07 Å². The van der Waals surface area contributed by atoms with Crippen LogP contribution in [0.25, 0.3) is 0 Å². The van der Waals surface area contributed by atoms with Crippen LogP contribution < -0.4 is 10.5 Å². The summed E-state index contributed by atoms with van der Waals surface area (Å²) in [6, 6.07) is 2.07. The van der Waals surface area contributed by atoms with Gasteiger partial charge in [-0.05, 0) is 31.7 Å². The first-order chi connectivity index (χ1) is 7.64. The molecule has 1 aromatic heterocycles. The van der Waals surface area contributed by atoms with Gasteiger partial charge in [0.25, 0.3) is 0 Å². The zero-order valence-electron chi connectivity index (χ0n) is 9.52. The molecule has 0 saturated heterocycles. The summed E-state index contributed by atoms with van der Waals surface area (Å²) >= 11 is 0. The second-order valence-corrected chi connectivity index (χ2v) is 4.48. The fourth-order valence-corrected chi connectivity index (χ4v) is 2.19. The number of nitrogens with zero attached hydrogens (tertiary/aromatic N) is 1. The third-order valence-electron chi connectivity index (χ3n) is 3.34. The molecule has 0 aliphatic heterocycles. The van der Waals surface area contributed by atoms with Gasteiger partial charge in [0.2, 0.25) is 0 Å². The lowest BCUT2D eigenvalue weighted by molar-refractivity contribution is -0.00542. The van der Waals surface area contributed by atoms with Crippen molar-refractivity contribution in [2.24, 2.45) is 5.73 Å². The van der Waals surface area contributed by atoms with E-state index < -0.39 is 5.60 Å². The normalized spacial score (nSPS) is 30.1. The minimum Gasteiger partial charge on any atom is -0.495 e. The standard InChI is InChI=1S/C12H18N2O2/c1-16-11-6-9(7-14-8-11)12(15)4-2-10(13)3-5-12/h6-8,10,15H,2-5,13H2,1H3. The number of methoxy groups -OCH3 is 1. The van der Waals surface area contributed by atoms with Gasteiger partial charge in [0.15, 0.2) is 0 Å². The largest absolute Gasteiger partial charge is 0.495 e. The number of hydrogen-bond donors (Lipinski definition) is 2. The molecule has 1 heterocycles.